The number of hydrogen-bond donors (Lipinski definition) is 1. The number of carbonyl (C=O) groups is 1. The van der Waals surface area contributed by atoms with Crippen molar-refractivity contribution in [1.29, 1.82) is 0 Å². The van der Waals surface area contributed by atoms with Gasteiger partial charge >= 0.3 is 0 Å². The molecule has 0 saturated heterocycles. The molecule has 3 nitrogen and oxygen atoms in total. The monoisotopic (exact) mass is 292 g/mol. The number of rotatable bonds is 7. The lowest BCUT2D eigenvalue weighted by atomic mass is 9.94. The van der Waals surface area contributed by atoms with Crippen LogP contribution in [0.4, 0.5) is 10.1 Å². The van der Waals surface area contributed by atoms with Crippen molar-refractivity contribution in [2.24, 2.45) is 11.7 Å². The maximum Gasteiger partial charge on any atom is 0.227 e. The fraction of sp³-hybridized carbons (Fsp3) is 0.588. The highest BCUT2D eigenvalue weighted by Gasteiger charge is 2.25. The zero-order valence-electron chi connectivity index (χ0n) is 12.8. The minimum Gasteiger partial charge on any atom is -0.330 e. The van der Waals surface area contributed by atoms with Gasteiger partial charge in [-0.3, -0.25) is 4.79 Å². The van der Waals surface area contributed by atoms with Crippen molar-refractivity contribution in [3.8, 4) is 0 Å². The Bertz CT molecular complexity index is 484. The summed E-state index contributed by atoms with van der Waals surface area (Å²) in [6, 6.07) is 4.72. The Hall–Kier alpha value is -1.42. The van der Waals surface area contributed by atoms with Crippen LogP contribution in [0, 0.1) is 11.7 Å². The summed E-state index contributed by atoms with van der Waals surface area (Å²) in [6.45, 7) is 3.51. The van der Waals surface area contributed by atoms with Gasteiger partial charge in [0.25, 0.3) is 0 Å². The molecule has 1 aromatic carbocycles. The van der Waals surface area contributed by atoms with Gasteiger partial charge in [0.05, 0.1) is 0 Å². The fourth-order valence-electron chi connectivity index (χ4n) is 3.15. The van der Waals surface area contributed by atoms with E-state index in [0.29, 0.717) is 25.4 Å². The molecule has 0 bridgehead atoms. The summed E-state index contributed by atoms with van der Waals surface area (Å²) >= 11 is 0. The predicted octanol–water partition coefficient (Wildman–Crippen LogP) is 3.26. The second-order valence-electron chi connectivity index (χ2n) is 5.84. The average molecular weight is 292 g/mol. The number of amides is 1. The first-order valence-electron chi connectivity index (χ1n) is 7.94. The van der Waals surface area contributed by atoms with Crippen LogP contribution in [-0.4, -0.2) is 19.0 Å². The lowest BCUT2D eigenvalue weighted by Gasteiger charge is -2.20. The van der Waals surface area contributed by atoms with Crippen LogP contribution in [0.25, 0.3) is 0 Å². The van der Waals surface area contributed by atoms with Gasteiger partial charge in [0.2, 0.25) is 5.91 Å². The minimum absolute atomic E-state index is 0.109. The number of nitrogens with two attached hydrogens (primary N) is 1. The van der Waals surface area contributed by atoms with Crippen molar-refractivity contribution < 1.29 is 9.18 Å². The maximum absolute atomic E-state index is 13.4. The predicted molar refractivity (Wildman–Crippen MR) is 83.8 cm³/mol. The highest BCUT2D eigenvalue weighted by Crippen LogP contribution is 2.30. The number of anilines is 1. The van der Waals surface area contributed by atoms with E-state index in [0.717, 1.165) is 43.4 Å². The Morgan fingerprint density at radius 1 is 1.38 bits per heavy atom. The summed E-state index contributed by atoms with van der Waals surface area (Å²) in [5.74, 6) is 0.358. The third-order valence-corrected chi connectivity index (χ3v) is 4.28. The van der Waals surface area contributed by atoms with E-state index in [2.05, 4.69) is 6.92 Å². The quantitative estimate of drug-likeness (QED) is 0.838. The number of hydrogen-bond acceptors (Lipinski definition) is 2. The van der Waals surface area contributed by atoms with Crippen LogP contribution >= 0.6 is 0 Å². The molecule has 4 heteroatoms. The van der Waals surface area contributed by atoms with Crippen LogP contribution in [0.5, 0.6) is 0 Å². The molecule has 116 valence electrons. The zero-order valence-corrected chi connectivity index (χ0v) is 12.8. The number of fused-ring (bicyclic) bond motifs is 1. The van der Waals surface area contributed by atoms with E-state index in [1.807, 2.05) is 0 Å². The molecule has 2 rings (SSSR count). The van der Waals surface area contributed by atoms with Crippen LogP contribution in [0.2, 0.25) is 0 Å². The Balaban J connectivity index is 1.94. The van der Waals surface area contributed by atoms with E-state index in [4.69, 9.17) is 5.73 Å². The Kier molecular flexibility index (Phi) is 5.74. The lowest BCUT2D eigenvalue weighted by molar-refractivity contribution is -0.118. The second kappa shape index (κ2) is 7.55. The van der Waals surface area contributed by atoms with Gasteiger partial charge in [0.1, 0.15) is 5.82 Å². The molecule has 1 unspecified atom stereocenters. The molecule has 1 aromatic rings. The van der Waals surface area contributed by atoms with E-state index in [9.17, 15) is 9.18 Å². The van der Waals surface area contributed by atoms with Crippen molar-refractivity contribution >= 4 is 11.6 Å². The van der Waals surface area contributed by atoms with Crippen molar-refractivity contribution in [3.05, 3.63) is 29.6 Å². The number of halogens is 1. The number of benzene rings is 1. The van der Waals surface area contributed by atoms with E-state index >= 15 is 0 Å². The van der Waals surface area contributed by atoms with Gasteiger partial charge < -0.3 is 10.6 Å². The molecule has 0 fully saturated rings. The van der Waals surface area contributed by atoms with E-state index < -0.39 is 0 Å². The van der Waals surface area contributed by atoms with E-state index in [1.54, 1.807) is 11.0 Å². The molecule has 0 spiro atoms. The first kappa shape index (κ1) is 16.0. The van der Waals surface area contributed by atoms with Crippen molar-refractivity contribution in [1.82, 2.24) is 0 Å². The molecule has 0 radical (unpaired) electrons. The van der Waals surface area contributed by atoms with Gasteiger partial charge in [-0.05, 0) is 49.4 Å². The lowest BCUT2D eigenvalue weighted by Crippen LogP contribution is -2.29. The molecule has 1 atom stereocenters. The maximum atomic E-state index is 13.4. The minimum atomic E-state index is -0.277. The van der Waals surface area contributed by atoms with Gasteiger partial charge in [-0.1, -0.05) is 25.8 Å². The molecular weight excluding hydrogens is 267 g/mol. The Morgan fingerprint density at radius 2 is 2.19 bits per heavy atom. The van der Waals surface area contributed by atoms with Crippen LogP contribution in [0.1, 0.15) is 44.6 Å². The molecule has 1 aliphatic heterocycles. The molecule has 1 amide bonds. The van der Waals surface area contributed by atoms with Crippen molar-refractivity contribution in [3.63, 3.8) is 0 Å². The molecule has 1 heterocycles. The summed E-state index contributed by atoms with van der Waals surface area (Å²) in [5.41, 5.74) is 7.45. The van der Waals surface area contributed by atoms with Gasteiger partial charge in [0.15, 0.2) is 0 Å². The first-order chi connectivity index (χ1) is 10.2. The molecule has 0 aliphatic carbocycles. The third kappa shape index (κ3) is 4.03. The van der Waals surface area contributed by atoms with E-state index in [-0.39, 0.29) is 11.7 Å². The molecular formula is C17H25FN2O. The summed E-state index contributed by atoms with van der Waals surface area (Å²) in [7, 11) is 0. The number of nitrogens with zero attached hydrogens (tertiary/aromatic N) is 1. The summed E-state index contributed by atoms with van der Waals surface area (Å²) in [4.78, 5) is 14.1. The highest BCUT2D eigenvalue weighted by molar-refractivity contribution is 5.95. The smallest absolute Gasteiger partial charge is 0.227 e. The van der Waals surface area contributed by atoms with Gasteiger partial charge in [-0.25, -0.2) is 4.39 Å². The van der Waals surface area contributed by atoms with Gasteiger partial charge in [-0.15, -0.1) is 0 Å². The normalized spacial score (nSPS) is 15.1. The standard InChI is InChI=1S/C17H25FN2O/c1-2-3-13(8-10-19)4-7-17(21)20-11-9-14-5-6-15(18)12-16(14)20/h5-6,12-13H,2-4,7-11,19H2,1H3. The topological polar surface area (TPSA) is 46.3 Å². The molecule has 1 aliphatic rings. The molecule has 0 aromatic heterocycles. The average Bonchev–Trinajstić information content (AvgIpc) is 2.88. The molecule has 0 saturated carbocycles. The summed E-state index contributed by atoms with van der Waals surface area (Å²) in [5, 5.41) is 0. The molecule has 21 heavy (non-hydrogen) atoms. The summed E-state index contributed by atoms with van der Waals surface area (Å²) < 4.78 is 13.4. The second-order valence-corrected chi connectivity index (χ2v) is 5.84. The van der Waals surface area contributed by atoms with Crippen molar-refractivity contribution in [2.45, 2.75) is 45.4 Å². The Labute approximate surface area is 126 Å². The van der Waals surface area contributed by atoms with Crippen LogP contribution in [0.15, 0.2) is 18.2 Å². The summed E-state index contributed by atoms with van der Waals surface area (Å²) in [6.07, 6.45) is 5.45. The molecule has 2 N–H and O–H groups in total. The zero-order chi connectivity index (χ0) is 15.2. The third-order valence-electron chi connectivity index (χ3n) is 4.28. The highest BCUT2D eigenvalue weighted by atomic mass is 19.1. The first-order valence-corrected chi connectivity index (χ1v) is 7.94. The van der Waals surface area contributed by atoms with Crippen LogP contribution in [-0.2, 0) is 11.2 Å². The fourth-order valence-corrected chi connectivity index (χ4v) is 3.15. The SMILES string of the molecule is CCCC(CCN)CCC(=O)N1CCc2ccc(F)cc21. The van der Waals surface area contributed by atoms with Gasteiger partial charge in [0, 0.05) is 18.7 Å². The van der Waals surface area contributed by atoms with Crippen molar-refractivity contribution in [2.75, 3.05) is 18.0 Å². The van der Waals surface area contributed by atoms with Crippen LogP contribution < -0.4 is 10.6 Å². The van der Waals surface area contributed by atoms with E-state index in [1.165, 1.54) is 12.1 Å². The largest absolute Gasteiger partial charge is 0.330 e. The van der Waals surface area contributed by atoms with Crippen LogP contribution in [0.3, 0.4) is 0 Å². The number of carbonyl (C=O) groups excluding carboxylic acids is 1. The Morgan fingerprint density at radius 3 is 2.90 bits per heavy atom. The van der Waals surface area contributed by atoms with Gasteiger partial charge in [-0.2, -0.15) is 0 Å².